The Balaban J connectivity index is 4.69. The van der Waals surface area contributed by atoms with Gasteiger partial charge in [0.2, 0.25) is 5.91 Å². The van der Waals surface area contributed by atoms with Gasteiger partial charge in [0.1, 0.15) is 17.7 Å². The fourth-order valence-electron chi connectivity index (χ4n) is 3.13. The third-order valence-corrected chi connectivity index (χ3v) is 6.16. The lowest BCUT2D eigenvalue weighted by molar-refractivity contribution is -0.141. The Hall–Kier alpha value is -2.22. The average molecular weight is 525 g/mol. The number of carbonyl (C=O) groups is 3. The Kier molecular flexibility index (Phi) is 16.2. The second kappa shape index (κ2) is 17.3. The summed E-state index contributed by atoms with van der Waals surface area (Å²) < 4.78 is 5.23. The molecule has 0 rings (SSSR count). The maximum atomic E-state index is 12.7. The highest BCUT2D eigenvalue weighted by Gasteiger charge is 2.30. The van der Waals surface area contributed by atoms with Gasteiger partial charge in [-0.2, -0.15) is 11.8 Å². The summed E-state index contributed by atoms with van der Waals surface area (Å²) in [6.07, 6.45) is 10.1. The van der Waals surface area contributed by atoms with Crippen LogP contribution in [0.25, 0.3) is 0 Å². The highest BCUT2D eigenvalue weighted by Crippen LogP contribution is 2.14. The van der Waals surface area contributed by atoms with Crippen molar-refractivity contribution in [1.82, 2.24) is 10.6 Å². The van der Waals surface area contributed by atoms with Crippen LogP contribution in [0.1, 0.15) is 88.0 Å². The summed E-state index contributed by atoms with van der Waals surface area (Å²) >= 11 is 1.45. The van der Waals surface area contributed by atoms with E-state index in [0.717, 1.165) is 25.7 Å². The molecule has 7 nitrogen and oxygen atoms in total. The molecule has 0 aliphatic carbocycles. The zero-order valence-corrected chi connectivity index (χ0v) is 24.5. The summed E-state index contributed by atoms with van der Waals surface area (Å²) in [5, 5.41) is 14.7. The van der Waals surface area contributed by atoms with Gasteiger partial charge < -0.3 is 20.5 Å². The predicted molar refractivity (Wildman–Crippen MR) is 150 cm³/mol. The molecule has 2 atom stereocenters. The van der Waals surface area contributed by atoms with Gasteiger partial charge in [-0.05, 0) is 80.1 Å². The first kappa shape index (κ1) is 33.8. The van der Waals surface area contributed by atoms with Crippen molar-refractivity contribution in [3.63, 3.8) is 0 Å². The molecule has 206 valence electrons. The van der Waals surface area contributed by atoms with Crippen molar-refractivity contribution in [1.29, 1.82) is 0 Å². The highest BCUT2D eigenvalue weighted by molar-refractivity contribution is 7.99. The Morgan fingerprint density at radius 3 is 1.97 bits per heavy atom. The Morgan fingerprint density at radius 2 is 1.47 bits per heavy atom. The molecule has 0 aromatic rings. The minimum absolute atomic E-state index is 0.228. The summed E-state index contributed by atoms with van der Waals surface area (Å²) in [5.41, 5.74) is 3.30. The zero-order valence-electron chi connectivity index (χ0n) is 23.7. The molecule has 0 unspecified atom stereocenters. The van der Waals surface area contributed by atoms with E-state index in [0.29, 0.717) is 5.75 Å². The zero-order chi connectivity index (χ0) is 27.9. The molecule has 0 aromatic carbocycles. The van der Waals surface area contributed by atoms with Gasteiger partial charge in [0.05, 0.1) is 0 Å². The molecular weight excluding hydrogens is 476 g/mol. The molecule has 0 saturated heterocycles. The fourth-order valence-corrected chi connectivity index (χ4v) is 4.13. The molecule has 2 amide bonds. The van der Waals surface area contributed by atoms with Gasteiger partial charge in [-0.25, -0.2) is 9.59 Å². The van der Waals surface area contributed by atoms with Crippen molar-refractivity contribution in [3.8, 4) is 0 Å². The number of carboxylic acid groups (broad SMARTS) is 1. The topological polar surface area (TPSA) is 105 Å². The van der Waals surface area contributed by atoms with Crippen molar-refractivity contribution in [2.45, 2.75) is 106 Å². The van der Waals surface area contributed by atoms with E-state index in [2.05, 4.69) is 56.6 Å². The summed E-state index contributed by atoms with van der Waals surface area (Å²) in [6, 6.07) is -1.95. The number of hydrogen-bond donors (Lipinski definition) is 3. The number of rotatable bonds is 15. The SMILES string of the molecule is CC(C)=CCC/C(C)=C/CC/C(C)=C/CSC[C@H](NC(=O)[C@@H](NC(=O)OC(C)(C)C)C(C)C)C(=O)O. The molecule has 0 heterocycles. The second-order valence-electron chi connectivity index (χ2n) is 10.8. The third-order valence-electron chi connectivity index (χ3n) is 5.19. The van der Waals surface area contributed by atoms with Crippen LogP contribution in [-0.4, -0.2) is 52.3 Å². The van der Waals surface area contributed by atoms with Crippen LogP contribution in [0.5, 0.6) is 0 Å². The number of carboxylic acids is 1. The van der Waals surface area contributed by atoms with E-state index in [1.54, 1.807) is 34.6 Å². The first-order valence-corrected chi connectivity index (χ1v) is 13.8. The van der Waals surface area contributed by atoms with E-state index in [-0.39, 0.29) is 11.7 Å². The van der Waals surface area contributed by atoms with Crippen LogP contribution in [0.2, 0.25) is 0 Å². The van der Waals surface area contributed by atoms with Crippen molar-refractivity contribution < 1.29 is 24.2 Å². The van der Waals surface area contributed by atoms with Gasteiger partial charge >= 0.3 is 12.1 Å². The molecular formula is C28H48N2O5S. The maximum absolute atomic E-state index is 12.7. The number of ether oxygens (including phenoxy) is 1. The van der Waals surface area contributed by atoms with Crippen LogP contribution in [0.3, 0.4) is 0 Å². The van der Waals surface area contributed by atoms with Crippen LogP contribution in [0.4, 0.5) is 4.79 Å². The van der Waals surface area contributed by atoms with E-state index < -0.39 is 35.7 Å². The highest BCUT2D eigenvalue weighted by atomic mass is 32.2. The monoisotopic (exact) mass is 524 g/mol. The lowest BCUT2D eigenvalue weighted by Gasteiger charge is -2.26. The molecule has 0 saturated carbocycles. The average Bonchev–Trinajstić information content (AvgIpc) is 2.72. The van der Waals surface area contributed by atoms with E-state index in [1.165, 1.54) is 28.5 Å². The van der Waals surface area contributed by atoms with Gasteiger partial charge in [-0.15, -0.1) is 0 Å². The van der Waals surface area contributed by atoms with Gasteiger partial charge in [0, 0.05) is 11.5 Å². The van der Waals surface area contributed by atoms with Crippen LogP contribution in [-0.2, 0) is 14.3 Å². The first-order valence-electron chi connectivity index (χ1n) is 12.7. The molecule has 0 aromatic heterocycles. The third kappa shape index (κ3) is 17.2. The van der Waals surface area contributed by atoms with E-state index in [9.17, 15) is 19.5 Å². The lowest BCUT2D eigenvalue weighted by atomic mass is 10.0. The van der Waals surface area contributed by atoms with Gasteiger partial charge in [-0.1, -0.05) is 48.8 Å². The van der Waals surface area contributed by atoms with Crippen molar-refractivity contribution in [3.05, 3.63) is 34.9 Å². The minimum Gasteiger partial charge on any atom is -0.480 e. The number of carbonyl (C=O) groups excluding carboxylic acids is 2. The summed E-state index contributed by atoms with van der Waals surface area (Å²) in [6.45, 7) is 17.2. The van der Waals surface area contributed by atoms with Crippen LogP contribution in [0, 0.1) is 5.92 Å². The quantitative estimate of drug-likeness (QED) is 0.173. The van der Waals surface area contributed by atoms with Crippen LogP contribution >= 0.6 is 11.8 Å². The number of aliphatic carboxylic acids is 1. The first-order chi connectivity index (χ1) is 16.6. The molecule has 0 fully saturated rings. The molecule has 0 radical (unpaired) electrons. The normalized spacial score (nSPS) is 14.2. The molecule has 0 aliphatic heterocycles. The number of amides is 2. The van der Waals surface area contributed by atoms with Gasteiger partial charge in [0.15, 0.2) is 0 Å². The predicted octanol–water partition coefficient (Wildman–Crippen LogP) is 6.26. The van der Waals surface area contributed by atoms with Gasteiger partial charge in [-0.3, -0.25) is 4.79 Å². The smallest absolute Gasteiger partial charge is 0.408 e. The second-order valence-corrected chi connectivity index (χ2v) is 11.8. The van der Waals surface area contributed by atoms with Gasteiger partial charge in [0.25, 0.3) is 0 Å². The summed E-state index contributed by atoms with van der Waals surface area (Å²) in [7, 11) is 0. The summed E-state index contributed by atoms with van der Waals surface area (Å²) in [5.74, 6) is -0.994. The molecule has 36 heavy (non-hydrogen) atoms. The number of alkyl carbamates (subject to hydrolysis) is 1. The molecule has 0 aliphatic rings. The Bertz CT molecular complexity index is 805. The van der Waals surface area contributed by atoms with E-state index in [4.69, 9.17) is 4.74 Å². The lowest BCUT2D eigenvalue weighted by Crippen LogP contribution is -2.55. The van der Waals surface area contributed by atoms with E-state index in [1.807, 2.05) is 0 Å². The van der Waals surface area contributed by atoms with Crippen LogP contribution < -0.4 is 10.6 Å². The number of thioether (sulfide) groups is 1. The summed E-state index contributed by atoms with van der Waals surface area (Å²) in [4.78, 5) is 36.6. The van der Waals surface area contributed by atoms with Crippen LogP contribution in [0.15, 0.2) is 34.9 Å². The van der Waals surface area contributed by atoms with Crippen molar-refractivity contribution >= 4 is 29.7 Å². The molecule has 0 bridgehead atoms. The minimum atomic E-state index is -1.11. The van der Waals surface area contributed by atoms with Crippen molar-refractivity contribution in [2.24, 2.45) is 5.92 Å². The fraction of sp³-hybridized carbons (Fsp3) is 0.679. The molecule has 8 heteroatoms. The Labute approximate surface area is 222 Å². The largest absolute Gasteiger partial charge is 0.480 e. The van der Waals surface area contributed by atoms with E-state index >= 15 is 0 Å². The van der Waals surface area contributed by atoms with Crippen molar-refractivity contribution in [2.75, 3.05) is 11.5 Å². The molecule has 0 spiro atoms. The number of allylic oxidation sites excluding steroid dienone is 5. The standard InChI is InChI=1S/C28H48N2O5S/c1-19(2)12-10-13-21(5)14-11-15-22(6)16-17-36-18-23(26(32)33)29-25(31)24(20(3)4)30-27(34)35-28(7,8)9/h12,14,16,20,23-24H,10-11,13,15,17-18H2,1-9H3,(H,29,31)(H,30,34)(H,32,33)/b21-14+,22-16+/t23-,24-/m0/s1. The Morgan fingerprint density at radius 1 is 0.917 bits per heavy atom. The molecule has 3 N–H and O–H groups in total. The number of nitrogens with one attached hydrogen (secondary N) is 2. The number of hydrogen-bond acceptors (Lipinski definition) is 5. The maximum Gasteiger partial charge on any atom is 0.408 e.